The largest absolute Gasteiger partial charge is 0.350 e. The fraction of sp³-hybridized carbons (Fsp3) is 0.316. The van der Waals surface area contributed by atoms with E-state index in [4.69, 9.17) is 0 Å². The van der Waals surface area contributed by atoms with Gasteiger partial charge in [-0.15, -0.1) is 11.3 Å². The Bertz CT molecular complexity index is 845. The van der Waals surface area contributed by atoms with Crippen LogP contribution in [0.4, 0.5) is 0 Å². The van der Waals surface area contributed by atoms with Gasteiger partial charge < -0.3 is 15.5 Å². The second-order valence-corrected chi connectivity index (χ2v) is 7.54. The van der Waals surface area contributed by atoms with E-state index in [1.54, 1.807) is 28.4 Å². The molecule has 0 spiro atoms. The lowest BCUT2D eigenvalue weighted by molar-refractivity contribution is -0.129. The van der Waals surface area contributed by atoms with Crippen molar-refractivity contribution in [1.29, 1.82) is 0 Å². The van der Waals surface area contributed by atoms with Crippen LogP contribution in [-0.4, -0.2) is 35.2 Å². The Morgan fingerprint density at radius 3 is 2.65 bits per heavy atom. The summed E-state index contributed by atoms with van der Waals surface area (Å²) >= 11 is 1.57. The Balaban J connectivity index is 1.40. The van der Waals surface area contributed by atoms with Crippen molar-refractivity contribution >= 4 is 29.1 Å². The van der Waals surface area contributed by atoms with Crippen LogP contribution < -0.4 is 10.6 Å². The molecule has 1 aromatic carbocycles. The van der Waals surface area contributed by atoms with Crippen LogP contribution in [0.3, 0.4) is 0 Å². The molecule has 1 aromatic heterocycles. The summed E-state index contributed by atoms with van der Waals surface area (Å²) in [6, 6.07) is 10.6. The van der Waals surface area contributed by atoms with E-state index in [0.29, 0.717) is 12.1 Å². The van der Waals surface area contributed by atoms with Gasteiger partial charge in [0.25, 0.3) is 5.91 Å². The molecule has 6 nitrogen and oxygen atoms in total. The van der Waals surface area contributed by atoms with Gasteiger partial charge in [0.2, 0.25) is 11.8 Å². The lowest BCUT2D eigenvalue weighted by Gasteiger charge is -2.24. The molecule has 1 aliphatic heterocycles. The maximum Gasteiger partial charge on any atom is 0.255 e. The van der Waals surface area contributed by atoms with Gasteiger partial charge in [-0.3, -0.25) is 14.4 Å². The summed E-state index contributed by atoms with van der Waals surface area (Å²) in [6.45, 7) is 0.348. The highest BCUT2D eigenvalue weighted by atomic mass is 32.1. The summed E-state index contributed by atoms with van der Waals surface area (Å²) in [5.41, 5.74) is 1.31. The molecule has 2 N–H and O–H groups in total. The third-order valence-corrected chi connectivity index (χ3v) is 5.53. The van der Waals surface area contributed by atoms with Crippen molar-refractivity contribution in [3.05, 3.63) is 57.8 Å². The van der Waals surface area contributed by atoms with Gasteiger partial charge >= 0.3 is 0 Å². The molecule has 2 aromatic rings. The maximum absolute atomic E-state index is 12.8. The minimum absolute atomic E-state index is 0.0922. The number of carbonyl (C=O) groups excluding carboxylic acids is 3. The summed E-state index contributed by atoms with van der Waals surface area (Å²) in [7, 11) is 0. The van der Waals surface area contributed by atoms with E-state index in [2.05, 4.69) is 10.6 Å². The van der Waals surface area contributed by atoms with Gasteiger partial charge in [0.05, 0.1) is 13.1 Å². The molecule has 4 rings (SSSR count). The lowest BCUT2D eigenvalue weighted by Crippen LogP contribution is -2.43. The number of amides is 3. The van der Waals surface area contributed by atoms with Crippen LogP contribution in [-0.2, 0) is 16.1 Å². The average Bonchev–Trinajstić information content (AvgIpc) is 3.26. The first-order chi connectivity index (χ1) is 12.6. The van der Waals surface area contributed by atoms with Crippen molar-refractivity contribution in [2.75, 3.05) is 6.54 Å². The molecular formula is C19H19N3O3S. The van der Waals surface area contributed by atoms with Crippen LogP contribution in [0.15, 0.2) is 41.8 Å². The number of benzene rings is 1. The molecule has 1 aliphatic carbocycles. The van der Waals surface area contributed by atoms with Gasteiger partial charge in [0, 0.05) is 16.5 Å². The van der Waals surface area contributed by atoms with Crippen LogP contribution in [0.5, 0.6) is 0 Å². The molecule has 134 valence electrons. The van der Waals surface area contributed by atoms with E-state index < -0.39 is 6.04 Å². The second kappa shape index (κ2) is 6.92. The van der Waals surface area contributed by atoms with Crippen LogP contribution in [0.2, 0.25) is 0 Å². The predicted molar refractivity (Wildman–Crippen MR) is 97.5 cm³/mol. The molecular weight excluding hydrogens is 350 g/mol. The SMILES string of the molecule is O=C(CNC(=O)[C@@H]1c2ccccc2C(=O)N1C1CC1)NCc1cccs1. The van der Waals surface area contributed by atoms with E-state index in [0.717, 1.165) is 23.3 Å². The molecule has 1 fully saturated rings. The number of thiophene rings is 1. The summed E-state index contributed by atoms with van der Waals surface area (Å²) in [4.78, 5) is 40.1. The third kappa shape index (κ3) is 3.22. The highest BCUT2D eigenvalue weighted by molar-refractivity contribution is 7.09. The van der Waals surface area contributed by atoms with Crippen LogP contribution in [0, 0.1) is 0 Å². The molecule has 3 amide bonds. The Kier molecular flexibility index (Phi) is 4.46. The van der Waals surface area contributed by atoms with Gasteiger partial charge in [-0.05, 0) is 35.9 Å². The molecule has 7 heteroatoms. The Morgan fingerprint density at radius 1 is 1.12 bits per heavy atom. The van der Waals surface area contributed by atoms with Crippen LogP contribution in [0.1, 0.15) is 39.7 Å². The number of rotatable bonds is 6. The van der Waals surface area contributed by atoms with Crippen LogP contribution >= 0.6 is 11.3 Å². The van der Waals surface area contributed by atoms with Crippen molar-refractivity contribution in [2.24, 2.45) is 0 Å². The number of fused-ring (bicyclic) bond motifs is 1. The zero-order valence-corrected chi connectivity index (χ0v) is 14.9. The van der Waals surface area contributed by atoms with Crippen molar-refractivity contribution < 1.29 is 14.4 Å². The molecule has 0 unspecified atom stereocenters. The third-order valence-electron chi connectivity index (χ3n) is 4.65. The zero-order chi connectivity index (χ0) is 18.1. The maximum atomic E-state index is 12.8. The summed E-state index contributed by atoms with van der Waals surface area (Å²) < 4.78 is 0. The Labute approximate surface area is 155 Å². The fourth-order valence-electron chi connectivity index (χ4n) is 3.26. The van der Waals surface area contributed by atoms with Gasteiger partial charge in [-0.25, -0.2) is 0 Å². The number of hydrogen-bond donors (Lipinski definition) is 2. The van der Waals surface area contributed by atoms with Gasteiger partial charge in [-0.2, -0.15) is 0 Å². The van der Waals surface area contributed by atoms with Crippen molar-refractivity contribution in [2.45, 2.75) is 31.5 Å². The first-order valence-corrected chi connectivity index (χ1v) is 9.51. The number of hydrogen-bond acceptors (Lipinski definition) is 4. The fourth-order valence-corrected chi connectivity index (χ4v) is 3.90. The minimum Gasteiger partial charge on any atom is -0.350 e. The van der Waals surface area contributed by atoms with E-state index in [9.17, 15) is 14.4 Å². The number of nitrogens with zero attached hydrogens (tertiary/aromatic N) is 1. The summed E-state index contributed by atoms with van der Waals surface area (Å²) in [5, 5.41) is 7.42. The second-order valence-electron chi connectivity index (χ2n) is 6.51. The standard InChI is InChI=1S/C19H19N3O3S/c23-16(20-10-13-4-3-9-26-13)11-21-18(24)17-14-5-1-2-6-15(14)19(25)22(17)12-7-8-12/h1-6,9,12,17H,7-8,10-11H2,(H,20,23)(H,21,24)/t17-/m0/s1. The quantitative estimate of drug-likeness (QED) is 0.816. The zero-order valence-electron chi connectivity index (χ0n) is 14.1. The molecule has 0 radical (unpaired) electrons. The topological polar surface area (TPSA) is 78.5 Å². The highest BCUT2D eigenvalue weighted by Gasteiger charge is 2.47. The first-order valence-electron chi connectivity index (χ1n) is 8.63. The monoisotopic (exact) mass is 369 g/mol. The molecule has 0 bridgehead atoms. The smallest absolute Gasteiger partial charge is 0.255 e. The summed E-state index contributed by atoms with van der Waals surface area (Å²) in [6.07, 6.45) is 1.84. The van der Waals surface area contributed by atoms with Gasteiger partial charge in [0.1, 0.15) is 6.04 Å². The highest BCUT2D eigenvalue weighted by Crippen LogP contribution is 2.41. The minimum atomic E-state index is -0.642. The Hall–Kier alpha value is -2.67. The van der Waals surface area contributed by atoms with Gasteiger partial charge in [0.15, 0.2) is 0 Å². The molecule has 26 heavy (non-hydrogen) atoms. The predicted octanol–water partition coefficient (Wildman–Crippen LogP) is 1.84. The van der Waals surface area contributed by atoms with E-state index in [1.807, 2.05) is 29.6 Å². The molecule has 2 heterocycles. The Morgan fingerprint density at radius 2 is 1.92 bits per heavy atom. The van der Waals surface area contributed by atoms with Crippen LogP contribution in [0.25, 0.3) is 0 Å². The van der Waals surface area contributed by atoms with E-state index in [-0.39, 0.29) is 30.3 Å². The van der Waals surface area contributed by atoms with Gasteiger partial charge in [-0.1, -0.05) is 24.3 Å². The summed E-state index contributed by atoms with van der Waals surface area (Å²) in [5.74, 6) is -0.644. The first kappa shape index (κ1) is 16.8. The molecule has 2 aliphatic rings. The normalized spacial score (nSPS) is 18.5. The molecule has 0 saturated heterocycles. The number of nitrogens with one attached hydrogen (secondary N) is 2. The molecule has 1 saturated carbocycles. The van der Waals surface area contributed by atoms with Crippen molar-refractivity contribution in [3.8, 4) is 0 Å². The van der Waals surface area contributed by atoms with Crippen molar-refractivity contribution in [1.82, 2.24) is 15.5 Å². The van der Waals surface area contributed by atoms with E-state index >= 15 is 0 Å². The lowest BCUT2D eigenvalue weighted by atomic mass is 10.0. The number of carbonyl (C=O) groups is 3. The van der Waals surface area contributed by atoms with Crippen molar-refractivity contribution in [3.63, 3.8) is 0 Å². The average molecular weight is 369 g/mol. The molecule has 1 atom stereocenters. The van der Waals surface area contributed by atoms with E-state index in [1.165, 1.54) is 0 Å².